The summed E-state index contributed by atoms with van der Waals surface area (Å²) in [6.07, 6.45) is 4.17. The Balaban J connectivity index is 1.20. The fourth-order valence-corrected chi connectivity index (χ4v) is 4.51. The number of H-pyrrole nitrogens is 1. The molecule has 0 spiro atoms. The van der Waals surface area contributed by atoms with Gasteiger partial charge < -0.3 is 26.0 Å². The minimum atomic E-state index is -1.22. The standard InChI is InChI=1S/C27H31N5O5/c33-16-20-19-6-2-3-7-22(19)31-25(20)26(35)32-23(27(36)37)12-14-29-24(34)8-4-1-5-18-10-9-17-15-28-13-11-21(17)30-18/h2-3,6-7,9-10,16,23,28,31H,1,4-5,8,11-15H2,(H,29,34)(H,32,35)(H,36,37)/t23-/m0/s1. The molecule has 2 amide bonds. The third-order valence-corrected chi connectivity index (χ3v) is 6.52. The van der Waals surface area contributed by atoms with Crippen LogP contribution in [0.15, 0.2) is 36.4 Å². The number of rotatable bonds is 12. The molecule has 1 atom stereocenters. The first-order chi connectivity index (χ1) is 18.0. The van der Waals surface area contributed by atoms with Crippen LogP contribution in [0.2, 0.25) is 0 Å². The second-order valence-electron chi connectivity index (χ2n) is 9.12. The minimum absolute atomic E-state index is 0.0107. The second kappa shape index (κ2) is 12.3. The summed E-state index contributed by atoms with van der Waals surface area (Å²) in [5, 5.41) is 18.6. The van der Waals surface area contributed by atoms with Crippen LogP contribution in [0.3, 0.4) is 0 Å². The Labute approximate surface area is 214 Å². The number of aryl methyl sites for hydroxylation is 1. The number of aldehydes is 1. The zero-order valence-electron chi connectivity index (χ0n) is 20.5. The summed E-state index contributed by atoms with van der Waals surface area (Å²) in [5.41, 5.74) is 4.23. The number of hydrogen-bond donors (Lipinski definition) is 5. The van der Waals surface area contributed by atoms with Gasteiger partial charge in [-0.25, -0.2) is 4.79 Å². The van der Waals surface area contributed by atoms with Gasteiger partial charge in [0.2, 0.25) is 5.91 Å². The summed E-state index contributed by atoms with van der Waals surface area (Å²) in [6, 6.07) is 9.88. The zero-order valence-corrected chi connectivity index (χ0v) is 20.5. The maximum atomic E-state index is 12.7. The van der Waals surface area contributed by atoms with Gasteiger partial charge in [-0.2, -0.15) is 0 Å². The molecule has 0 fully saturated rings. The van der Waals surface area contributed by atoms with Crippen LogP contribution in [0.25, 0.3) is 10.9 Å². The van der Waals surface area contributed by atoms with E-state index in [4.69, 9.17) is 4.98 Å². The molecule has 0 unspecified atom stereocenters. The maximum Gasteiger partial charge on any atom is 0.326 e. The van der Waals surface area contributed by atoms with Crippen molar-refractivity contribution in [1.29, 1.82) is 0 Å². The number of benzene rings is 1. The molecule has 2 aromatic heterocycles. The van der Waals surface area contributed by atoms with E-state index < -0.39 is 17.9 Å². The summed E-state index contributed by atoms with van der Waals surface area (Å²) in [4.78, 5) is 55.8. The van der Waals surface area contributed by atoms with Crippen LogP contribution in [0.1, 0.15) is 63.5 Å². The summed E-state index contributed by atoms with van der Waals surface area (Å²) < 4.78 is 0. The Hall–Kier alpha value is -4.05. The number of aliphatic carboxylic acids is 1. The topological polar surface area (TPSA) is 153 Å². The minimum Gasteiger partial charge on any atom is -0.480 e. The molecule has 1 aliphatic rings. The van der Waals surface area contributed by atoms with Crippen molar-refractivity contribution < 1.29 is 24.3 Å². The van der Waals surface area contributed by atoms with Gasteiger partial charge in [0.05, 0.1) is 5.56 Å². The number of nitrogens with one attached hydrogen (secondary N) is 4. The Morgan fingerprint density at radius 1 is 1.14 bits per heavy atom. The van der Waals surface area contributed by atoms with Gasteiger partial charge in [-0.15, -0.1) is 0 Å². The van der Waals surface area contributed by atoms with Crippen molar-refractivity contribution in [3.63, 3.8) is 0 Å². The number of unbranched alkanes of at least 4 members (excludes halogenated alkanes) is 1. The number of nitrogens with zero attached hydrogens (tertiary/aromatic N) is 1. The third-order valence-electron chi connectivity index (χ3n) is 6.52. The summed E-state index contributed by atoms with van der Waals surface area (Å²) >= 11 is 0. The molecule has 10 heteroatoms. The van der Waals surface area contributed by atoms with E-state index in [1.807, 2.05) is 6.07 Å². The highest BCUT2D eigenvalue weighted by Gasteiger charge is 2.24. The second-order valence-corrected chi connectivity index (χ2v) is 9.12. The molecule has 0 saturated heterocycles. The first-order valence-corrected chi connectivity index (χ1v) is 12.5. The van der Waals surface area contributed by atoms with Crippen molar-refractivity contribution in [3.05, 3.63) is 64.6 Å². The van der Waals surface area contributed by atoms with E-state index in [-0.39, 0.29) is 30.1 Å². The molecule has 4 rings (SSSR count). The lowest BCUT2D eigenvalue weighted by Gasteiger charge is -2.16. The molecule has 3 heterocycles. The van der Waals surface area contributed by atoms with Crippen LogP contribution < -0.4 is 16.0 Å². The number of hydrogen-bond acceptors (Lipinski definition) is 6. The SMILES string of the molecule is O=Cc1c(C(=O)N[C@@H](CCNC(=O)CCCCc2ccc3c(n2)CCNC3)C(=O)O)[nH]c2ccccc12. The van der Waals surface area contributed by atoms with Crippen LogP contribution in [-0.4, -0.2) is 58.3 Å². The molecule has 5 N–H and O–H groups in total. The zero-order chi connectivity index (χ0) is 26.2. The smallest absolute Gasteiger partial charge is 0.326 e. The van der Waals surface area contributed by atoms with Crippen molar-refractivity contribution >= 4 is 35.0 Å². The summed E-state index contributed by atoms with van der Waals surface area (Å²) in [7, 11) is 0. The number of amides is 2. The van der Waals surface area contributed by atoms with Crippen LogP contribution in [-0.2, 0) is 29.0 Å². The number of aromatic nitrogens is 2. The van der Waals surface area contributed by atoms with Crippen LogP contribution in [0.5, 0.6) is 0 Å². The Kier molecular flexibility index (Phi) is 8.63. The largest absolute Gasteiger partial charge is 0.480 e. The Morgan fingerprint density at radius 2 is 1.97 bits per heavy atom. The predicted octanol–water partition coefficient (Wildman–Crippen LogP) is 2.12. The number of aromatic amines is 1. The molecule has 0 radical (unpaired) electrons. The average molecular weight is 506 g/mol. The quantitative estimate of drug-likeness (QED) is 0.187. The van der Waals surface area contributed by atoms with Gasteiger partial charge in [0.15, 0.2) is 6.29 Å². The fourth-order valence-electron chi connectivity index (χ4n) is 4.51. The maximum absolute atomic E-state index is 12.7. The van der Waals surface area contributed by atoms with Crippen molar-refractivity contribution in [2.75, 3.05) is 13.1 Å². The van der Waals surface area contributed by atoms with Crippen molar-refractivity contribution in [3.8, 4) is 0 Å². The van der Waals surface area contributed by atoms with E-state index in [0.29, 0.717) is 30.0 Å². The molecule has 3 aromatic rings. The van der Waals surface area contributed by atoms with Crippen LogP contribution in [0.4, 0.5) is 0 Å². The number of fused-ring (bicyclic) bond motifs is 2. The number of carbonyl (C=O) groups excluding carboxylic acids is 3. The van der Waals surface area contributed by atoms with Crippen molar-refractivity contribution in [1.82, 2.24) is 25.9 Å². The van der Waals surface area contributed by atoms with Crippen molar-refractivity contribution in [2.45, 2.75) is 51.1 Å². The predicted molar refractivity (Wildman–Crippen MR) is 137 cm³/mol. The molecule has 0 saturated carbocycles. The molecule has 194 valence electrons. The monoisotopic (exact) mass is 505 g/mol. The first-order valence-electron chi connectivity index (χ1n) is 12.5. The van der Waals surface area contributed by atoms with Gasteiger partial charge in [-0.3, -0.25) is 19.4 Å². The normalized spacial score (nSPS) is 13.5. The lowest BCUT2D eigenvalue weighted by Crippen LogP contribution is -2.43. The highest BCUT2D eigenvalue weighted by Crippen LogP contribution is 2.21. The van der Waals surface area contributed by atoms with Crippen LogP contribution >= 0.6 is 0 Å². The first kappa shape index (κ1) is 26.0. The molecule has 0 aliphatic carbocycles. The fraction of sp³-hybridized carbons (Fsp3) is 0.370. The third kappa shape index (κ3) is 6.59. The average Bonchev–Trinajstić information content (AvgIpc) is 3.29. The highest BCUT2D eigenvalue weighted by atomic mass is 16.4. The highest BCUT2D eigenvalue weighted by molar-refractivity contribution is 6.10. The van der Waals surface area contributed by atoms with E-state index in [0.717, 1.165) is 43.7 Å². The van der Waals surface area contributed by atoms with Crippen LogP contribution in [0, 0.1) is 0 Å². The molecule has 0 bridgehead atoms. The van der Waals surface area contributed by atoms with E-state index in [2.05, 4.69) is 27.0 Å². The number of carboxylic acid groups (broad SMARTS) is 1. The van der Waals surface area contributed by atoms with E-state index >= 15 is 0 Å². The van der Waals surface area contributed by atoms with Gasteiger partial charge >= 0.3 is 5.97 Å². The number of carboxylic acids is 1. The van der Waals surface area contributed by atoms with Gasteiger partial charge in [0.25, 0.3) is 5.91 Å². The van der Waals surface area contributed by atoms with Gasteiger partial charge in [0.1, 0.15) is 11.7 Å². The van der Waals surface area contributed by atoms with E-state index in [1.165, 1.54) is 5.56 Å². The number of para-hydroxylation sites is 1. The summed E-state index contributed by atoms with van der Waals surface area (Å²) in [5.74, 6) is -2.08. The molecule has 10 nitrogen and oxygen atoms in total. The molecule has 37 heavy (non-hydrogen) atoms. The van der Waals surface area contributed by atoms with Crippen molar-refractivity contribution in [2.24, 2.45) is 0 Å². The Bertz CT molecular complexity index is 1300. The Morgan fingerprint density at radius 3 is 2.78 bits per heavy atom. The summed E-state index contributed by atoms with van der Waals surface area (Å²) in [6.45, 7) is 1.90. The number of pyridine rings is 1. The lowest BCUT2D eigenvalue weighted by atomic mass is 10.0. The molecular formula is C27H31N5O5. The van der Waals surface area contributed by atoms with Gasteiger partial charge in [0, 0.05) is 54.8 Å². The molecule has 1 aliphatic heterocycles. The molecular weight excluding hydrogens is 474 g/mol. The van der Waals surface area contributed by atoms with Gasteiger partial charge in [-0.1, -0.05) is 24.3 Å². The van der Waals surface area contributed by atoms with E-state index in [9.17, 15) is 24.3 Å². The number of carbonyl (C=O) groups is 4. The van der Waals surface area contributed by atoms with E-state index in [1.54, 1.807) is 24.3 Å². The lowest BCUT2D eigenvalue weighted by molar-refractivity contribution is -0.139. The van der Waals surface area contributed by atoms with Gasteiger partial charge in [-0.05, 0) is 43.4 Å². The molecule has 1 aromatic carbocycles.